The van der Waals surface area contributed by atoms with Crippen molar-refractivity contribution in [2.75, 3.05) is 69.2 Å². The van der Waals surface area contributed by atoms with E-state index in [-0.39, 0.29) is 24.0 Å². The van der Waals surface area contributed by atoms with Gasteiger partial charge in [-0.15, -0.1) is 0 Å². The number of thioether (sulfide) groups is 1. The lowest BCUT2D eigenvalue weighted by molar-refractivity contribution is -0.136. The number of likely N-dealkylation sites (N-methyl/N-ethyl adjacent to an activating group) is 1. The molecule has 41 heavy (non-hydrogen) atoms. The van der Waals surface area contributed by atoms with Gasteiger partial charge in [0, 0.05) is 38.5 Å². The summed E-state index contributed by atoms with van der Waals surface area (Å²) in [6, 6.07) is 5.72. The van der Waals surface area contributed by atoms with Crippen molar-refractivity contribution in [1.29, 1.82) is 5.26 Å². The number of aryl methyl sites for hydroxylation is 1. The van der Waals surface area contributed by atoms with E-state index in [9.17, 15) is 14.9 Å². The van der Waals surface area contributed by atoms with Crippen LogP contribution in [0.2, 0.25) is 0 Å². The summed E-state index contributed by atoms with van der Waals surface area (Å²) in [5.41, 5.74) is 3.14. The number of methoxy groups -OCH3 is 2. The van der Waals surface area contributed by atoms with Gasteiger partial charge in [-0.25, -0.2) is 9.78 Å². The van der Waals surface area contributed by atoms with Gasteiger partial charge in [-0.05, 0) is 73.4 Å². The number of ether oxygens (including phenoxy) is 2. The second-order valence-corrected chi connectivity index (χ2v) is 12.0. The van der Waals surface area contributed by atoms with E-state index >= 15 is 0 Å². The van der Waals surface area contributed by atoms with Crippen LogP contribution in [-0.4, -0.2) is 96.8 Å². The van der Waals surface area contributed by atoms with Crippen LogP contribution in [0.3, 0.4) is 0 Å². The molecular formula is C29H37N7O4S. The third-order valence-electron chi connectivity index (χ3n) is 8.04. The lowest BCUT2D eigenvalue weighted by Gasteiger charge is -2.33. The number of anilines is 2. The number of carbonyl (C=O) groups is 2. The van der Waals surface area contributed by atoms with Gasteiger partial charge in [0.2, 0.25) is 11.8 Å². The highest BCUT2D eigenvalue weighted by Gasteiger charge is 2.30. The molecule has 2 saturated heterocycles. The number of nitriles is 1. The molecule has 2 fully saturated rings. The molecule has 2 unspecified atom stereocenters. The Morgan fingerprint density at radius 2 is 2.10 bits per heavy atom. The molecule has 0 radical (unpaired) electrons. The molecule has 12 heteroatoms. The lowest BCUT2D eigenvalue weighted by Crippen LogP contribution is -2.48. The number of hydrogen-bond acceptors (Lipinski definition) is 9. The van der Waals surface area contributed by atoms with Crippen molar-refractivity contribution < 1.29 is 19.1 Å². The van der Waals surface area contributed by atoms with Crippen LogP contribution in [0.25, 0.3) is 0 Å². The summed E-state index contributed by atoms with van der Waals surface area (Å²) >= 11 is 1.90. The number of urea groups is 1. The minimum absolute atomic E-state index is 0.0776. The minimum atomic E-state index is -0.339. The number of amides is 3. The Bertz CT molecular complexity index is 1330. The number of pyridine rings is 2. The molecule has 0 aromatic carbocycles. The van der Waals surface area contributed by atoms with E-state index in [1.54, 1.807) is 25.2 Å². The molecule has 5 rings (SSSR count). The monoisotopic (exact) mass is 579 g/mol. The number of hydrogen-bond donors (Lipinski definition) is 1. The van der Waals surface area contributed by atoms with Crippen molar-refractivity contribution in [3.63, 3.8) is 0 Å². The van der Waals surface area contributed by atoms with Gasteiger partial charge in [-0.1, -0.05) is 0 Å². The predicted octanol–water partition coefficient (Wildman–Crippen LogP) is 2.93. The molecule has 0 aliphatic carbocycles. The highest BCUT2D eigenvalue weighted by atomic mass is 32.2. The molecule has 5 heterocycles. The van der Waals surface area contributed by atoms with Gasteiger partial charge in [-0.2, -0.15) is 22.0 Å². The Morgan fingerprint density at radius 3 is 2.85 bits per heavy atom. The molecule has 0 bridgehead atoms. The van der Waals surface area contributed by atoms with E-state index in [1.807, 2.05) is 34.7 Å². The van der Waals surface area contributed by atoms with E-state index in [0.717, 1.165) is 54.0 Å². The van der Waals surface area contributed by atoms with Crippen molar-refractivity contribution in [2.24, 2.45) is 5.92 Å². The maximum Gasteiger partial charge on any atom is 0.328 e. The molecular weight excluding hydrogens is 542 g/mol. The van der Waals surface area contributed by atoms with Crippen LogP contribution in [0.5, 0.6) is 5.88 Å². The van der Waals surface area contributed by atoms with Gasteiger partial charge in [0.25, 0.3) is 0 Å². The zero-order valence-corrected chi connectivity index (χ0v) is 24.7. The molecule has 3 aliphatic heterocycles. The summed E-state index contributed by atoms with van der Waals surface area (Å²) in [6.45, 7) is 2.78. The zero-order valence-electron chi connectivity index (χ0n) is 23.9. The van der Waals surface area contributed by atoms with Gasteiger partial charge < -0.3 is 14.4 Å². The number of nitrogens with one attached hydrogen (secondary N) is 1. The Morgan fingerprint density at radius 1 is 1.24 bits per heavy atom. The van der Waals surface area contributed by atoms with Crippen LogP contribution in [0.15, 0.2) is 18.3 Å². The maximum absolute atomic E-state index is 13.5. The molecule has 1 N–H and O–H groups in total. The van der Waals surface area contributed by atoms with E-state index in [0.29, 0.717) is 55.7 Å². The first-order valence-corrected chi connectivity index (χ1v) is 15.2. The average Bonchev–Trinajstić information content (AvgIpc) is 2.98. The fourth-order valence-corrected chi connectivity index (χ4v) is 6.99. The minimum Gasteiger partial charge on any atom is -0.481 e. The van der Waals surface area contributed by atoms with Gasteiger partial charge in [0.1, 0.15) is 17.7 Å². The third kappa shape index (κ3) is 6.58. The Labute approximate surface area is 245 Å². The van der Waals surface area contributed by atoms with Crippen molar-refractivity contribution in [2.45, 2.75) is 38.3 Å². The quantitative estimate of drug-likeness (QED) is 0.527. The molecule has 3 aliphatic rings. The Kier molecular flexibility index (Phi) is 9.27. The molecule has 3 amide bonds. The molecule has 2 atom stereocenters. The first kappa shape index (κ1) is 29.1. The first-order valence-electron chi connectivity index (χ1n) is 14.0. The maximum atomic E-state index is 13.5. The van der Waals surface area contributed by atoms with E-state index in [1.165, 1.54) is 6.20 Å². The summed E-state index contributed by atoms with van der Waals surface area (Å²) in [5, 5.41) is 12.6. The zero-order chi connectivity index (χ0) is 28.9. The van der Waals surface area contributed by atoms with Gasteiger partial charge >= 0.3 is 6.03 Å². The summed E-state index contributed by atoms with van der Waals surface area (Å²) in [4.78, 5) is 40.6. The highest BCUT2D eigenvalue weighted by molar-refractivity contribution is 7.99. The van der Waals surface area contributed by atoms with Crippen LogP contribution in [-0.2, 0) is 28.9 Å². The van der Waals surface area contributed by atoms with E-state index < -0.39 is 0 Å². The van der Waals surface area contributed by atoms with Crippen LogP contribution in [0.4, 0.5) is 16.4 Å². The van der Waals surface area contributed by atoms with Gasteiger partial charge in [0.15, 0.2) is 0 Å². The average molecular weight is 580 g/mol. The van der Waals surface area contributed by atoms with Crippen molar-refractivity contribution in [1.82, 2.24) is 19.8 Å². The molecule has 2 aromatic heterocycles. The Hall–Kier alpha value is -3.40. The van der Waals surface area contributed by atoms with Gasteiger partial charge in [0.05, 0.1) is 31.9 Å². The van der Waals surface area contributed by atoms with Gasteiger partial charge in [-0.3, -0.25) is 19.9 Å². The molecule has 218 valence electrons. The van der Waals surface area contributed by atoms with Crippen LogP contribution in [0, 0.1) is 17.2 Å². The molecule has 0 saturated carbocycles. The summed E-state index contributed by atoms with van der Waals surface area (Å²) in [6.07, 6.45) is 4.91. The number of carbonyl (C=O) groups excluding carboxylic acids is 2. The Balaban J connectivity index is 1.33. The number of nitrogens with zero attached hydrogens (tertiary/aromatic N) is 6. The van der Waals surface area contributed by atoms with Crippen LogP contribution in [0.1, 0.15) is 35.1 Å². The van der Waals surface area contributed by atoms with E-state index in [4.69, 9.17) is 14.5 Å². The van der Waals surface area contributed by atoms with Crippen molar-refractivity contribution in [3.05, 3.63) is 40.6 Å². The number of piperazine rings is 1. The van der Waals surface area contributed by atoms with Crippen molar-refractivity contribution in [3.8, 4) is 11.9 Å². The smallest absolute Gasteiger partial charge is 0.328 e. The van der Waals surface area contributed by atoms with Crippen LogP contribution < -0.4 is 15.0 Å². The molecule has 2 aromatic rings. The molecule has 11 nitrogen and oxygen atoms in total. The number of aromatic nitrogens is 2. The summed E-state index contributed by atoms with van der Waals surface area (Å²) in [5.74, 6) is 3.76. The normalized spacial score (nSPS) is 21.3. The molecule has 0 spiro atoms. The largest absolute Gasteiger partial charge is 0.481 e. The topological polar surface area (TPSA) is 124 Å². The summed E-state index contributed by atoms with van der Waals surface area (Å²) in [7, 11) is 5.24. The van der Waals surface area contributed by atoms with Crippen molar-refractivity contribution >= 4 is 35.3 Å². The number of fused-ring (bicyclic) bond motifs is 1. The standard InChI is InChI=1S/C29H37N7O4S/c1-34-8-9-35(26(37)17-34)16-21-11-19-5-4-7-36(27(19)33-28(21)40-3)29(38)32-25-13-20(23(14-30)15-31-25)12-22-18-41-10-6-24(22)39-2/h11,13,15,22,24H,4-10,12,16-18H2,1-3H3,(H,31,32,38). The van der Waals surface area contributed by atoms with Crippen LogP contribution >= 0.6 is 11.8 Å². The first-order chi connectivity index (χ1) is 19.9. The highest BCUT2D eigenvalue weighted by Crippen LogP contribution is 2.33. The van der Waals surface area contributed by atoms with E-state index in [2.05, 4.69) is 16.4 Å². The second kappa shape index (κ2) is 13.1. The summed E-state index contributed by atoms with van der Waals surface area (Å²) < 4.78 is 11.3. The SMILES string of the molecule is COc1nc2c(cc1CN1CCN(C)CC1=O)CCCN2C(=O)Nc1cc(CC2CSCCC2OC)c(C#N)cn1. The predicted molar refractivity (Wildman–Crippen MR) is 157 cm³/mol. The third-order valence-corrected chi connectivity index (χ3v) is 9.23. The second-order valence-electron chi connectivity index (χ2n) is 10.8. The lowest BCUT2D eigenvalue weighted by atomic mass is 9.92. The fraction of sp³-hybridized carbons (Fsp3) is 0.552. The fourth-order valence-electron chi connectivity index (χ4n) is 5.79. The number of rotatable bonds is 7.